The van der Waals surface area contributed by atoms with Gasteiger partial charge in [0.05, 0.1) is 30.5 Å². The van der Waals surface area contributed by atoms with Crippen LogP contribution in [0.1, 0.15) is 18.3 Å². The SMILES string of the molecule is CC(F)Oc1ccccc1Cn1c2cc(-c3cnc(C4(O)CN(C(=O)CO)C4)nc3)ccc2c(=O)n1C. The molecule has 37 heavy (non-hydrogen) atoms. The molecule has 1 amide bonds. The van der Waals surface area contributed by atoms with Crippen LogP contribution < -0.4 is 10.3 Å². The molecule has 2 aromatic heterocycles. The second kappa shape index (κ2) is 9.41. The Kier molecular flexibility index (Phi) is 6.26. The zero-order chi connectivity index (χ0) is 26.3. The van der Waals surface area contributed by atoms with Crippen molar-refractivity contribution in [2.45, 2.75) is 25.4 Å². The molecule has 0 spiro atoms. The molecule has 0 aliphatic carbocycles. The Morgan fingerprint density at radius 1 is 1.16 bits per heavy atom. The van der Waals surface area contributed by atoms with E-state index in [-0.39, 0.29) is 31.0 Å². The van der Waals surface area contributed by atoms with Crippen LogP contribution in [0.4, 0.5) is 4.39 Å². The number of halogens is 1. The lowest BCUT2D eigenvalue weighted by atomic mass is 9.93. The van der Waals surface area contributed by atoms with Gasteiger partial charge in [0.1, 0.15) is 12.4 Å². The van der Waals surface area contributed by atoms with Gasteiger partial charge in [-0.2, -0.15) is 0 Å². The Balaban J connectivity index is 1.46. The lowest BCUT2D eigenvalue weighted by Gasteiger charge is -2.44. The highest BCUT2D eigenvalue weighted by atomic mass is 19.1. The van der Waals surface area contributed by atoms with E-state index in [1.807, 2.05) is 18.2 Å². The third-order valence-electron chi connectivity index (χ3n) is 6.54. The van der Waals surface area contributed by atoms with Crippen molar-refractivity contribution in [1.29, 1.82) is 0 Å². The standard InChI is InChI=1S/C26H26FN5O5/c1-16(27)37-22-6-4-3-5-18(22)12-32-21-9-17(7-8-20(21)24(35)30(32)2)19-10-28-25(29-11-19)26(36)14-31(15-26)23(34)13-33/h3-11,16,33,36H,12-15H2,1-2H3. The van der Waals surface area contributed by atoms with Crippen molar-refractivity contribution in [1.82, 2.24) is 24.2 Å². The third-order valence-corrected chi connectivity index (χ3v) is 6.54. The fraction of sp³-hybridized carbons (Fsp3) is 0.308. The molecular weight excluding hydrogens is 481 g/mol. The largest absolute Gasteiger partial charge is 0.460 e. The van der Waals surface area contributed by atoms with Crippen molar-refractivity contribution in [3.05, 3.63) is 76.6 Å². The highest BCUT2D eigenvalue weighted by Gasteiger charge is 2.47. The minimum Gasteiger partial charge on any atom is -0.460 e. The van der Waals surface area contributed by atoms with E-state index < -0.39 is 24.5 Å². The van der Waals surface area contributed by atoms with Gasteiger partial charge in [0.25, 0.3) is 5.56 Å². The molecule has 1 aliphatic heterocycles. The molecule has 2 N–H and O–H groups in total. The predicted molar refractivity (Wildman–Crippen MR) is 133 cm³/mol. The zero-order valence-electron chi connectivity index (χ0n) is 20.3. The zero-order valence-corrected chi connectivity index (χ0v) is 20.3. The Bertz CT molecular complexity index is 1520. The number of carbonyl (C=O) groups is 1. The van der Waals surface area contributed by atoms with Crippen LogP contribution in [0.15, 0.2) is 59.7 Å². The first-order valence-electron chi connectivity index (χ1n) is 11.7. The summed E-state index contributed by atoms with van der Waals surface area (Å²) in [5.74, 6) is 0.131. The molecule has 3 heterocycles. The molecule has 1 saturated heterocycles. The number of benzene rings is 2. The lowest BCUT2D eigenvalue weighted by molar-refractivity contribution is -0.161. The molecule has 10 nitrogen and oxygen atoms in total. The van der Waals surface area contributed by atoms with Crippen LogP contribution in [0.3, 0.4) is 0 Å². The summed E-state index contributed by atoms with van der Waals surface area (Å²) in [6.45, 7) is 1.01. The van der Waals surface area contributed by atoms with Crippen molar-refractivity contribution in [3.63, 3.8) is 0 Å². The van der Waals surface area contributed by atoms with Gasteiger partial charge in [0, 0.05) is 37.5 Å². The van der Waals surface area contributed by atoms with E-state index in [2.05, 4.69) is 9.97 Å². The highest BCUT2D eigenvalue weighted by molar-refractivity contribution is 5.84. The van der Waals surface area contributed by atoms with Crippen LogP contribution >= 0.6 is 0 Å². The summed E-state index contributed by atoms with van der Waals surface area (Å²) in [4.78, 5) is 34.4. The van der Waals surface area contributed by atoms with Gasteiger partial charge in [-0.05, 0) is 23.8 Å². The Morgan fingerprint density at radius 3 is 2.54 bits per heavy atom. The summed E-state index contributed by atoms with van der Waals surface area (Å²) in [5.41, 5.74) is 1.31. The van der Waals surface area contributed by atoms with Crippen LogP contribution in [0, 0.1) is 0 Å². The number of rotatable bonds is 7. The van der Waals surface area contributed by atoms with Gasteiger partial charge < -0.3 is 19.8 Å². The Hall–Kier alpha value is -4.09. The average Bonchev–Trinajstić information content (AvgIpc) is 3.11. The molecule has 192 valence electrons. The maximum Gasteiger partial charge on any atom is 0.274 e. The van der Waals surface area contributed by atoms with Crippen molar-refractivity contribution in [2.24, 2.45) is 7.05 Å². The smallest absolute Gasteiger partial charge is 0.274 e. The van der Waals surface area contributed by atoms with Gasteiger partial charge in [0.15, 0.2) is 11.4 Å². The first-order chi connectivity index (χ1) is 17.7. The van der Waals surface area contributed by atoms with E-state index in [4.69, 9.17) is 9.84 Å². The molecule has 2 aromatic carbocycles. The van der Waals surface area contributed by atoms with Crippen LogP contribution in [-0.4, -0.2) is 66.4 Å². The van der Waals surface area contributed by atoms with Gasteiger partial charge in [-0.15, -0.1) is 0 Å². The topological polar surface area (TPSA) is 123 Å². The number of alkyl halides is 1. The van der Waals surface area contributed by atoms with Crippen LogP contribution in [0.2, 0.25) is 0 Å². The summed E-state index contributed by atoms with van der Waals surface area (Å²) in [6.07, 6.45) is 1.68. The summed E-state index contributed by atoms with van der Waals surface area (Å²) >= 11 is 0. The van der Waals surface area contributed by atoms with E-state index in [1.54, 1.807) is 48.4 Å². The van der Waals surface area contributed by atoms with Gasteiger partial charge in [0.2, 0.25) is 12.3 Å². The Labute approximate surface area is 211 Å². The van der Waals surface area contributed by atoms with Crippen molar-refractivity contribution < 1.29 is 24.1 Å². The van der Waals surface area contributed by atoms with Gasteiger partial charge in [-0.25, -0.2) is 14.4 Å². The maximum absolute atomic E-state index is 13.5. The predicted octanol–water partition coefficient (Wildman–Crippen LogP) is 1.56. The van der Waals surface area contributed by atoms with Crippen molar-refractivity contribution in [3.8, 4) is 16.9 Å². The second-order valence-corrected chi connectivity index (χ2v) is 9.12. The van der Waals surface area contributed by atoms with Gasteiger partial charge in [-0.1, -0.05) is 24.3 Å². The number of likely N-dealkylation sites (tertiary alicyclic amines) is 1. The molecule has 0 saturated carbocycles. The first kappa shape index (κ1) is 24.6. The number of β-amino-alcohol motifs (C(OH)–C–C–N with tert-alkyl or cyclic N) is 1. The summed E-state index contributed by atoms with van der Waals surface area (Å²) in [6, 6.07) is 12.5. The number of hydrogen-bond acceptors (Lipinski definition) is 7. The first-order valence-corrected chi connectivity index (χ1v) is 11.7. The molecule has 1 unspecified atom stereocenters. The molecule has 11 heteroatoms. The fourth-order valence-corrected chi connectivity index (χ4v) is 4.55. The number of ether oxygens (including phenoxy) is 1. The minimum absolute atomic E-state index is 0.0143. The molecule has 1 fully saturated rings. The number of nitrogens with zero attached hydrogens (tertiary/aromatic N) is 5. The minimum atomic E-state index is -1.47. The summed E-state index contributed by atoms with van der Waals surface area (Å²) < 4.78 is 22.2. The molecule has 0 bridgehead atoms. The molecule has 0 radical (unpaired) electrons. The monoisotopic (exact) mass is 507 g/mol. The summed E-state index contributed by atoms with van der Waals surface area (Å²) in [7, 11) is 1.67. The maximum atomic E-state index is 13.5. The second-order valence-electron chi connectivity index (χ2n) is 9.12. The number of aromatic nitrogens is 4. The number of fused-ring (bicyclic) bond motifs is 1. The van der Waals surface area contributed by atoms with Crippen LogP contribution in [-0.2, 0) is 24.0 Å². The number of carbonyl (C=O) groups excluding carboxylic acids is 1. The molecular formula is C26H26FN5O5. The third kappa shape index (κ3) is 4.47. The molecule has 4 aromatic rings. The molecule has 1 aliphatic rings. The van der Waals surface area contributed by atoms with E-state index in [0.29, 0.717) is 22.2 Å². The van der Waals surface area contributed by atoms with Crippen molar-refractivity contribution >= 4 is 16.8 Å². The lowest BCUT2D eigenvalue weighted by Crippen LogP contribution is -2.62. The van der Waals surface area contributed by atoms with E-state index in [9.17, 15) is 19.1 Å². The van der Waals surface area contributed by atoms with Crippen LogP contribution in [0.5, 0.6) is 5.75 Å². The number of aliphatic hydroxyl groups is 2. The highest BCUT2D eigenvalue weighted by Crippen LogP contribution is 2.31. The van der Waals surface area contributed by atoms with Crippen molar-refractivity contribution in [2.75, 3.05) is 19.7 Å². The number of hydrogen-bond donors (Lipinski definition) is 2. The number of amides is 1. The normalized spacial score (nSPS) is 15.4. The van der Waals surface area contributed by atoms with Crippen LogP contribution in [0.25, 0.3) is 22.0 Å². The van der Waals surface area contributed by atoms with E-state index in [1.165, 1.54) is 16.5 Å². The van der Waals surface area contributed by atoms with Gasteiger partial charge >= 0.3 is 0 Å². The summed E-state index contributed by atoms with van der Waals surface area (Å²) in [5, 5.41) is 20.2. The van der Waals surface area contributed by atoms with Gasteiger partial charge in [-0.3, -0.25) is 19.0 Å². The molecule has 5 rings (SSSR count). The quantitative estimate of drug-likeness (QED) is 0.389. The molecule has 1 atom stereocenters. The van der Waals surface area contributed by atoms with E-state index in [0.717, 1.165) is 11.1 Å². The van der Waals surface area contributed by atoms with E-state index >= 15 is 0 Å². The Morgan fingerprint density at radius 2 is 1.86 bits per heavy atom. The fourth-order valence-electron chi connectivity index (χ4n) is 4.55. The number of aliphatic hydroxyl groups excluding tert-OH is 1. The number of para-hydroxylation sites is 1. The average molecular weight is 508 g/mol.